The number of carbonyl (C=O) groups excluding carboxylic acids is 4. The van der Waals surface area contributed by atoms with Crippen LogP contribution in [-0.2, 0) is 34.8 Å². The molecular weight excluding hydrogens is 559 g/mol. The van der Waals surface area contributed by atoms with Gasteiger partial charge in [-0.2, -0.15) is 18.4 Å². The van der Waals surface area contributed by atoms with Crippen LogP contribution in [0.5, 0.6) is 0 Å². The number of carbonyl (C=O) groups is 4. The summed E-state index contributed by atoms with van der Waals surface area (Å²) in [6, 6.07) is 10.1. The van der Waals surface area contributed by atoms with E-state index in [1.54, 1.807) is 0 Å². The third kappa shape index (κ3) is 7.77. The molecule has 1 saturated heterocycles. The minimum atomic E-state index is -4.72. The fourth-order valence-electron chi connectivity index (χ4n) is 3.77. The molecule has 0 radical (unpaired) electrons. The minimum Gasteiger partial charge on any atom is -0.458 e. The Kier molecular flexibility index (Phi) is 9.68. The molecule has 39 heavy (non-hydrogen) atoms. The lowest BCUT2D eigenvalue weighted by Gasteiger charge is -2.40. The third-order valence-corrected chi connectivity index (χ3v) is 8.30. The molecule has 0 amide bonds. The average molecular weight is 582 g/mol. The zero-order valence-electron chi connectivity index (χ0n) is 20.8. The molecule has 1 aliphatic heterocycles. The van der Waals surface area contributed by atoms with Crippen molar-refractivity contribution in [2.75, 3.05) is 5.75 Å². The van der Waals surface area contributed by atoms with Crippen molar-refractivity contribution >= 4 is 47.2 Å². The maximum atomic E-state index is 13.5. The first-order chi connectivity index (χ1) is 18.3. The molecular formula is C26H22F3NO7S2. The predicted molar refractivity (Wildman–Crippen MR) is 135 cm³/mol. The molecule has 2 aromatic carbocycles. The predicted octanol–water partition coefficient (Wildman–Crippen LogP) is 4.77. The number of nitriles is 1. The van der Waals surface area contributed by atoms with E-state index in [1.807, 2.05) is 6.07 Å². The molecule has 0 unspecified atom stereocenters. The van der Waals surface area contributed by atoms with Gasteiger partial charge in [-0.05, 0) is 42.5 Å². The smallest absolute Gasteiger partial charge is 0.416 e. The summed E-state index contributed by atoms with van der Waals surface area (Å²) in [6.45, 7) is 3.43. The van der Waals surface area contributed by atoms with Crippen LogP contribution in [0.1, 0.15) is 47.8 Å². The van der Waals surface area contributed by atoms with Crippen molar-refractivity contribution in [3.8, 4) is 6.07 Å². The van der Waals surface area contributed by atoms with Crippen LogP contribution in [0.3, 0.4) is 0 Å². The van der Waals surface area contributed by atoms with Crippen LogP contribution in [0.2, 0.25) is 0 Å². The monoisotopic (exact) mass is 581 g/mol. The van der Waals surface area contributed by atoms with Crippen LogP contribution >= 0.6 is 23.5 Å². The zero-order chi connectivity index (χ0) is 28.9. The lowest BCUT2D eigenvalue weighted by Crippen LogP contribution is -2.53. The average Bonchev–Trinajstić information content (AvgIpc) is 2.85. The van der Waals surface area contributed by atoms with Gasteiger partial charge < -0.3 is 14.2 Å². The van der Waals surface area contributed by atoms with Crippen LogP contribution in [0.4, 0.5) is 13.2 Å². The van der Waals surface area contributed by atoms with Crippen LogP contribution in [0.15, 0.2) is 47.4 Å². The van der Waals surface area contributed by atoms with Gasteiger partial charge in [0.2, 0.25) is 0 Å². The second kappa shape index (κ2) is 12.6. The van der Waals surface area contributed by atoms with E-state index in [9.17, 15) is 32.3 Å². The topological polar surface area (TPSA) is 120 Å². The van der Waals surface area contributed by atoms with E-state index in [-0.39, 0.29) is 27.3 Å². The summed E-state index contributed by atoms with van der Waals surface area (Å²) in [5, 5.41) is 9.01. The van der Waals surface area contributed by atoms with Crippen molar-refractivity contribution in [2.24, 2.45) is 0 Å². The normalized spacial score (nSPS) is 20.8. The van der Waals surface area contributed by atoms with Crippen molar-refractivity contribution in [1.29, 1.82) is 5.26 Å². The molecule has 4 atom stereocenters. The quantitative estimate of drug-likeness (QED) is 0.257. The first kappa shape index (κ1) is 30.0. The second-order valence-electron chi connectivity index (χ2n) is 8.34. The highest BCUT2D eigenvalue weighted by molar-refractivity contribution is 8.17. The van der Waals surface area contributed by atoms with E-state index in [2.05, 4.69) is 0 Å². The SMILES string of the molecule is CC(=O)O[C@@H]1[C@@H](OC(C)=O)[C@H](Sc2ccc(C(F)(F)F)cc2C(=O)c2ccc(C#N)cc2)SC[C@H]1OC(C)=O. The number of hydrogen-bond acceptors (Lipinski definition) is 10. The molecule has 0 spiro atoms. The van der Waals surface area contributed by atoms with Gasteiger partial charge in [0.15, 0.2) is 24.1 Å². The minimum absolute atomic E-state index is 0.0655. The first-order valence-electron chi connectivity index (χ1n) is 11.4. The molecule has 206 valence electrons. The number of ketones is 1. The number of esters is 3. The van der Waals surface area contributed by atoms with Crippen LogP contribution in [-0.4, -0.2) is 52.3 Å². The van der Waals surface area contributed by atoms with Gasteiger partial charge in [-0.15, -0.1) is 23.5 Å². The number of benzene rings is 2. The molecule has 1 aliphatic rings. The highest BCUT2D eigenvalue weighted by Gasteiger charge is 2.47. The maximum Gasteiger partial charge on any atom is 0.416 e. The summed E-state index contributed by atoms with van der Waals surface area (Å²) in [5.41, 5.74) is -0.958. The summed E-state index contributed by atoms with van der Waals surface area (Å²) < 4.78 is 55.9. The van der Waals surface area contributed by atoms with Crippen molar-refractivity contribution in [1.82, 2.24) is 0 Å². The van der Waals surface area contributed by atoms with E-state index in [0.717, 1.165) is 43.8 Å². The molecule has 1 heterocycles. The Morgan fingerprint density at radius 1 is 0.923 bits per heavy atom. The molecule has 0 aliphatic carbocycles. The molecule has 13 heteroatoms. The Morgan fingerprint density at radius 2 is 1.51 bits per heavy atom. The molecule has 0 saturated carbocycles. The van der Waals surface area contributed by atoms with Gasteiger partial charge in [0.25, 0.3) is 0 Å². The van der Waals surface area contributed by atoms with Gasteiger partial charge >= 0.3 is 24.1 Å². The Labute approximate surface area is 230 Å². The summed E-state index contributed by atoms with van der Waals surface area (Å²) in [4.78, 5) is 48.9. The highest BCUT2D eigenvalue weighted by Crippen LogP contribution is 2.44. The van der Waals surface area contributed by atoms with Gasteiger partial charge in [0.05, 0.1) is 21.8 Å². The Bertz CT molecular complexity index is 1310. The standard InChI is InChI=1S/C26H22F3NO7S2/c1-13(31)35-20-12-38-25(24(37-15(3)33)23(20)36-14(2)32)39-21-9-8-18(26(27,28)29)10-19(21)22(34)17-6-4-16(11-30)5-7-17/h4-10,20,23-25H,12H2,1-3H3/t20-,23+,24-,25+/m1/s1. The van der Waals surface area contributed by atoms with E-state index in [4.69, 9.17) is 19.5 Å². The van der Waals surface area contributed by atoms with E-state index in [0.29, 0.717) is 0 Å². The Balaban J connectivity index is 2.04. The number of ether oxygens (including phenoxy) is 3. The molecule has 1 fully saturated rings. The van der Waals surface area contributed by atoms with E-state index in [1.165, 1.54) is 43.0 Å². The molecule has 0 N–H and O–H groups in total. The van der Waals surface area contributed by atoms with Gasteiger partial charge in [-0.1, -0.05) is 0 Å². The lowest BCUT2D eigenvalue weighted by molar-refractivity contribution is -0.180. The van der Waals surface area contributed by atoms with Crippen LogP contribution < -0.4 is 0 Å². The maximum absolute atomic E-state index is 13.5. The van der Waals surface area contributed by atoms with Crippen molar-refractivity contribution in [3.05, 3.63) is 64.7 Å². The number of alkyl halides is 3. The fraction of sp³-hybridized carbons (Fsp3) is 0.346. The number of hydrogen-bond donors (Lipinski definition) is 0. The largest absolute Gasteiger partial charge is 0.458 e. The summed E-state index contributed by atoms with van der Waals surface area (Å²) in [6.07, 6.45) is -8.04. The summed E-state index contributed by atoms with van der Waals surface area (Å²) >= 11 is 2.12. The molecule has 8 nitrogen and oxygen atoms in total. The number of rotatable bonds is 7. The summed E-state index contributed by atoms with van der Waals surface area (Å²) in [7, 11) is 0. The van der Waals surface area contributed by atoms with Gasteiger partial charge in [0.1, 0.15) is 0 Å². The van der Waals surface area contributed by atoms with Gasteiger partial charge in [-0.3, -0.25) is 19.2 Å². The molecule has 0 bridgehead atoms. The van der Waals surface area contributed by atoms with Crippen LogP contribution in [0.25, 0.3) is 0 Å². The second-order valence-corrected chi connectivity index (χ2v) is 11.0. The molecule has 3 rings (SSSR count). The fourth-order valence-corrected chi connectivity index (χ4v) is 6.65. The van der Waals surface area contributed by atoms with Crippen molar-refractivity contribution < 1.29 is 46.6 Å². The number of halogens is 3. The van der Waals surface area contributed by atoms with E-state index < -0.39 is 58.3 Å². The Hall–Kier alpha value is -3.50. The highest BCUT2D eigenvalue weighted by atomic mass is 32.2. The van der Waals surface area contributed by atoms with Crippen LogP contribution in [0, 0.1) is 11.3 Å². The number of nitrogens with zero attached hydrogens (tertiary/aromatic N) is 1. The summed E-state index contributed by atoms with van der Waals surface area (Å²) in [5.74, 6) is -2.70. The number of thioether (sulfide) groups is 2. The molecule has 0 aromatic heterocycles. The molecule has 2 aromatic rings. The Morgan fingerprint density at radius 3 is 2.05 bits per heavy atom. The lowest BCUT2D eigenvalue weighted by atomic mass is 10.00. The zero-order valence-corrected chi connectivity index (χ0v) is 22.4. The van der Waals surface area contributed by atoms with Crippen molar-refractivity contribution in [3.63, 3.8) is 0 Å². The first-order valence-corrected chi connectivity index (χ1v) is 13.3. The van der Waals surface area contributed by atoms with Crippen molar-refractivity contribution in [2.45, 2.75) is 54.7 Å². The van der Waals surface area contributed by atoms with Gasteiger partial charge in [-0.25, -0.2) is 0 Å². The van der Waals surface area contributed by atoms with Gasteiger partial charge in [0, 0.05) is 42.5 Å². The van der Waals surface area contributed by atoms with E-state index >= 15 is 0 Å². The third-order valence-electron chi connectivity index (χ3n) is 5.38.